The summed E-state index contributed by atoms with van der Waals surface area (Å²) < 4.78 is 10.8. The smallest absolute Gasteiger partial charge is 0.364 e. The number of benzene rings is 2. The summed E-state index contributed by atoms with van der Waals surface area (Å²) >= 11 is 0. The van der Waals surface area contributed by atoms with E-state index in [9.17, 15) is 15.3 Å². The lowest BCUT2D eigenvalue weighted by Gasteiger charge is -2.03. The topological polar surface area (TPSA) is 81.2 Å². The SMILES string of the molecule is COc1cc(-c2ccc3cc(O)c(O)cc3[o+]2)ccc1O. The molecule has 5 heteroatoms. The molecule has 0 saturated heterocycles. The van der Waals surface area contributed by atoms with Crippen molar-refractivity contribution in [2.45, 2.75) is 0 Å². The average Bonchev–Trinajstić information content (AvgIpc) is 2.48. The zero-order valence-corrected chi connectivity index (χ0v) is 11.2. The summed E-state index contributed by atoms with van der Waals surface area (Å²) in [4.78, 5) is 0. The Hall–Kier alpha value is -2.95. The van der Waals surface area contributed by atoms with Crippen molar-refractivity contribution in [2.24, 2.45) is 0 Å². The molecule has 0 bridgehead atoms. The minimum atomic E-state index is -0.244. The lowest BCUT2D eigenvalue weighted by atomic mass is 10.1. The van der Waals surface area contributed by atoms with Gasteiger partial charge in [-0.15, -0.1) is 0 Å². The molecule has 1 aromatic heterocycles. The first-order valence-electron chi connectivity index (χ1n) is 6.24. The number of phenols is 3. The first-order valence-corrected chi connectivity index (χ1v) is 6.24. The van der Waals surface area contributed by atoms with Crippen molar-refractivity contribution < 1.29 is 24.5 Å². The summed E-state index contributed by atoms with van der Waals surface area (Å²) in [5.74, 6) is 0.496. The van der Waals surface area contributed by atoms with E-state index in [4.69, 9.17) is 9.15 Å². The fourth-order valence-corrected chi connectivity index (χ4v) is 2.10. The molecule has 0 unspecified atom stereocenters. The molecule has 0 aliphatic carbocycles. The van der Waals surface area contributed by atoms with Crippen LogP contribution in [0.25, 0.3) is 22.3 Å². The lowest BCUT2D eigenvalue weighted by Crippen LogP contribution is -1.85. The molecule has 0 aliphatic rings. The second-order valence-electron chi connectivity index (χ2n) is 4.57. The van der Waals surface area contributed by atoms with Gasteiger partial charge < -0.3 is 20.1 Å². The molecule has 3 aromatic rings. The fraction of sp³-hybridized carbons (Fsp3) is 0.0625. The zero-order valence-electron chi connectivity index (χ0n) is 11.2. The highest BCUT2D eigenvalue weighted by atomic mass is 16.5. The molecule has 1 heterocycles. The van der Waals surface area contributed by atoms with E-state index in [0.29, 0.717) is 22.5 Å². The Morgan fingerprint density at radius 1 is 0.857 bits per heavy atom. The van der Waals surface area contributed by atoms with Crippen LogP contribution in [-0.4, -0.2) is 22.4 Å². The summed E-state index contributed by atoms with van der Waals surface area (Å²) in [6.07, 6.45) is 0. The highest BCUT2D eigenvalue weighted by molar-refractivity contribution is 5.82. The molecule has 21 heavy (non-hydrogen) atoms. The van der Waals surface area contributed by atoms with Crippen molar-refractivity contribution in [3.8, 4) is 34.3 Å². The standard InChI is InChI=1S/C16H12O5/c1-20-16-7-10(2-4-11(16)17)14-5-3-9-6-12(18)13(19)8-15(9)21-14/h2-8H,1H3,(H2-,17,18,19)/p+1. The summed E-state index contributed by atoms with van der Waals surface area (Å²) in [5, 5.41) is 29.3. The molecule has 3 N–H and O–H groups in total. The fourth-order valence-electron chi connectivity index (χ4n) is 2.10. The van der Waals surface area contributed by atoms with Gasteiger partial charge in [0.05, 0.1) is 24.1 Å². The van der Waals surface area contributed by atoms with Crippen LogP contribution in [0.1, 0.15) is 0 Å². The molecule has 0 aliphatic heterocycles. The van der Waals surface area contributed by atoms with Crippen molar-refractivity contribution in [3.63, 3.8) is 0 Å². The van der Waals surface area contributed by atoms with E-state index in [0.717, 1.165) is 5.56 Å². The van der Waals surface area contributed by atoms with Gasteiger partial charge in [-0.05, 0) is 18.2 Å². The maximum atomic E-state index is 9.60. The summed E-state index contributed by atoms with van der Waals surface area (Å²) in [6.45, 7) is 0. The van der Waals surface area contributed by atoms with E-state index in [2.05, 4.69) is 0 Å². The molecule has 3 rings (SSSR count). The van der Waals surface area contributed by atoms with E-state index in [1.165, 1.54) is 25.3 Å². The highest BCUT2D eigenvalue weighted by Crippen LogP contribution is 2.35. The van der Waals surface area contributed by atoms with Gasteiger partial charge in [-0.1, -0.05) is 0 Å². The van der Waals surface area contributed by atoms with Crippen LogP contribution in [0.5, 0.6) is 23.0 Å². The van der Waals surface area contributed by atoms with Gasteiger partial charge in [0.1, 0.15) is 0 Å². The number of aromatic hydroxyl groups is 3. The Balaban J connectivity index is 2.14. The van der Waals surface area contributed by atoms with Crippen molar-refractivity contribution >= 4 is 11.0 Å². The van der Waals surface area contributed by atoms with Gasteiger partial charge in [0.15, 0.2) is 23.0 Å². The predicted octanol–water partition coefficient (Wildman–Crippen LogP) is 3.51. The number of ether oxygens (including phenoxy) is 1. The van der Waals surface area contributed by atoms with Crippen LogP contribution in [-0.2, 0) is 0 Å². The molecular weight excluding hydrogens is 272 g/mol. The zero-order chi connectivity index (χ0) is 15.0. The van der Waals surface area contributed by atoms with E-state index in [-0.39, 0.29) is 17.2 Å². The van der Waals surface area contributed by atoms with E-state index >= 15 is 0 Å². The third-order valence-electron chi connectivity index (χ3n) is 3.21. The molecule has 2 aromatic carbocycles. The number of methoxy groups -OCH3 is 1. The van der Waals surface area contributed by atoms with Gasteiger partial charge in [0.2, 0.25) is 0 Å². The van der Waals surface area contributed by atoms with Gasteiger partial charge in [-0.3, -0.25) is 0 Å². The van der Waals surface area contributed by atoms with Crippen LogP contribution in [0.3, 0.4) is 0 Å². The van der Waals surface area contributed by atoms with Crippen molar-refractivity contribution in [3.05, 3.63) is 42.5 Å². The van der Waals surface area contributed by atoms with Crippen molar-refractivity contribution in [1.82, 2.24) is 0 Å². The molecule has 0 saturated carbocycles. The van der Waals surface area contributed by atoms with Crippen LogP contribution < -0.4 is 4.74 Å². The molecule has 0 radical (unpaired) electrons. The summed E-state index contributed by atoms with van der Waals surface area (Å²) in [6, 6.07) is 11.2. The summed E-state index contributed by atoms with van der Waals surface area (Å²) in [7, 11) is 1.47. The number of phenolic OH excluding ortho intramolecular Hbond substituents is 3. The minimum Gasteiger partial charge on any atom is -0.504 e. The second-order valence-corrected chi connectivity index (χ2v) is 4.57. The Kier molecular flexibility index (Phi) is 3.02. The molecular formula is C16H13O5+. The predicted molar refractivity (Wildman–Crippen MR) is 77.6 cm³/mol. The van der Waals surface area contributed by atoms with Crippen LogP contribution >= 0.6 is 0 Å². The number of hydrogen-bond acceptors (Lipinski definition) is 4. The minimum absolute atomic E-state index is 0.0459. The largest absolute Gasteiger partial charge is 0.504 e. The second kappa shape index (κ2) is 4.86. The molecule has 0 atom stereocenters. The van der Waals surface area contributed by atoms with Gasteiger partial charge in [-0.2, -0.15) is 0 Å². The van der Waals surface area contributed by atoms with E-state index < -0.39 is 0 Å². The average molecular weight is 285 g/mol. The molecule has 0 spiro atoms. The number of rotatable bonds is 2. The maximum absolute atomic E-state index is 9.60. The van der Waals surface area contributed by atoms with Crippen LogP contribution in [0.2, 0.25) is 0 Å². The van der Waals surface area contributed by atoms with Gasteiger partial charge in [-0.25, -0.2) is 4.42 Å². The van der Waals surface area contributed by atoms with E-state index in [1.807, 2.05) is 0 Å². The van der Waals surface area contributed by atoms with Gasteiger partial charge in [0.25, 0.3) is 0 Å². The number of hydrogen-bond donors (Lipinski definition) is 3. The normalized spacial score (nSPS) is 10.7. The Morgan fingerprint density at radius 2 is 1.62 bits per heavy atom. The third kappa shape index (κ3) is 2.29. The Bertz CT molecular complexity index is 826. The van der Waals surface area contributed by atoms with Crippen LogP contribution in [0, 0.1) is 0 Å². The van der Waals surface area contributed by atoms with Gasteiger partial charge in [0, 0.05) is 18.2 Å². The van der Waals surface area contributed by atoms with Crippen molar-refractivity contribution in [2.75, 3.05) is 7.11 Å². The maximum Gasteiger partial charge on any atom is 0.364 e. The first kappa shape index (κ1) is 13.1. The van der Waals surface area contributed by atoms with E-state index in [1.54, 1.807) is 24.3 Å². The Morgan fingerprint density at radius 3 is 2.38 bits per heavy atom. The molecule has 0 fully saturated rings. The quantitative estimate of drug-likeness (QED) is 0.496. The van der Waals surface area contributed by atoms with Crippen LogP contribution in [0.4, 0.5) is 0 Å². The van der Waals surface area contributed by atoms with Crippen molar-refractivity contribution in [1.29, 1.82) is 0 Å². The molecule has 5 nitrogen and oxygen atoms in total. The monoisotopic (exact) mass is 285 g/mol. The Labute approximate surface area is 120 Å². The third-order valence-corrected chi connectivity index (χ3v) is 3.21. The summed E-state index contributed by atoms with van der Waals surface area (Å²) in [5.41, 5.74) is 1.16. The first-order chi connectivity index (χ1) is 10.1. The molecule has 0 amide bonds. The highest BCUT2D eigenvalue weighted by Gasteiger charge is 2.18. The van der Waals surface area contributed by atoms with Gasteiger partial charge >= 0.3 is 11.3 Å². The number of fused-ring (bicyclic) bond motifs is 1. The van der Waals surface area contributed by atoms with Crippen LogP contribution in [0.15, 0.2) is 46.9 Å². The molecule has 106 valence electrons. The lowest BCUT2D eigenvalue weighted by molar-refractivity contribution is 0.373.